The molecule has 1 N–H and O–H groups in total. The maximum atomic E-state index is 13.5. The number of carboxylic acid groups (broad SMARTS) is 1. The number of carboxylic acids is 1. The monoisotopic (exact) mass is 507 g/mol. The minimum Gasteiger partial charge on any atom is -0.481 e. The molecule has 6 nitrogen and oxygen atoms in total. The Bertz CT molecular complexity index is 979. The molecule has 0 radical (unpaired) electrons. The van der Waals surface area contributed by atoms with E-state index in [-0.39, 0.29) is 42.9 Å². The summed E-state index contributed by atoms with van der Waals surface area (Å²) in [5, 5.41) is 11.0. The van der Waals surface area contributed by atoms with E-state index in [9.17, 15) is 23.5 Å². The maximum absolute atomic E-state index is 13.5. The second-order valence-corrected chi connectivity index (χ2v) is 12.4. The van der Waals surface area contributed by atoms with Gasteiger partial charge in [-0.3, -0.25) is 9.69 Å². The molecular weight excluding hydrogens is 468 g/mol. The molecule has 0 aromatic carbocycles. The van der Waals surface area contributed by atoms with E-state index in [0.29, 0.717) is 25.4 Å². The summed E-state index contributed by atoms with van der Waals surface area (Å²) in [5.74, 6) is -0.149. The SMILES string of the molecule is CC(C)C1=C[C@@H]2C[C@]3(C=O)[C@@H]4CC[C@@H](C)[C@H]4CC2(CO[C@H]2CN(CC=C(F)F)C[C@@H](C)O2)[C@]13C(=O)O. The van der Waals surface area contributed by atoms with Gasteiger partial charge in [0, 0.05) is 25.0 Å². The molecule has 1 aliphatic heterocycles. The third kappa shape index (κ3) is 3.36. The van der Waals surface area contributed by atoms with E-state index in [1.807, 2.05) is 25.7 Å². The van der Waals surface area contributed by atoms with Gasteiger partial charge in [0.25, 0.3) is 6.08 Å². The van der Waals surface area contributed by atoms with Crippen molar-refractivity contribution < 1.29 is 33.0 Å². The summed E-state index contributed by atoms with van der Waals surface area (Å²) < 4.78 is 37.8. The highest BCUT2D eigenvalue weighted by Crippen LogP contribution is 2.82. The Hall–Kier alpha value is -1.64. The minimum atomic E-state index is -1.71. The molecule has 0 amide bonds. The molecule has 36 heavy (non-hydrogen) atoms. The lowest BCUT2D eigenvalue weighted by Crippen LogP contribution is -2.64. The normalized spacial score (nSPS) is 45.5. The van der Waals surface area contributed by atoms with Gasteiger partial charge in [0.15, 0.2) is 6.29 Å². The van der Waals surface area contributed by atoms with Crippen molar-refractivity contribution in [3.05, 3.63) is 23.8 Å². The number of hydrogen-bond acceptors (Lipinski definition) is 5. The van der Waals surface area contributed by atoms with Gasteiger partial charge in [0.1, 0.15) is 11.7 Å². The fraction of sp³-hybridized carbons (Fsp3) is 0.786. The Kier molecular flexibility index (Phi) is 6.48. The van der Waals surface area contributed by atoms with Crippen molar-refractivity contribution in [2.24, 2.45) is 45.8 Å². The Morgan fingerprint density at radius 2 is 2.03 bits per heavy atom. The molecule has 1 saturated heterocycles. The van der Waals surface area contributed by atoms with E-state index in [1.54, 1.807) is 0 Å². The molecular formula is C28H39F2NO5. The maximum Gasteiger partial charge on any atom is 0.315 e. The zero-order valence-electron chi connectivity index (χ0n) is 21.7. The molecule has 1 unspecified atom stereocenters. The lowest BCUT2D eigenvalue weighted by atomic mass is 9.43. The summed E-state index contributed by atoms with van der Waals surface area (Å²) in [6, 6.07) is 0. The number of aldehydes is 1. The van der Waals surface area contributed by atoms with Gasteiger partial charge in [0.2, 0.25) is 0 Å². The van der Waals surface area contributed by atoms with Gasteiger partial charge >= 0.3 is 5.97 Å². The minimum absolute atomic E-state index is 0.00399. The highest BCUT2D eigenvalue weighted by atomic mass is 19.3. The number of nitrogens with zero attached hydrogens (tertiary/aromatic N) is 1. The van der Waals surface area contributed by atoms with Gasteiger partial charge in [0.05, 0.1) is 18.1 Å². The van der Waals surface area contributed by atoms with E-state index >= 15 is 0 Å². The molecule has 0 spiro atoms. The fourth-order valence-electron chi connectivity index (χ4n) is 9.31. The largest absolute Gasteiger partial charge is 0.481 e. The second kappa shape index (κ2) is 8.98. The summed E-state index contributed by atoms with van der Waals surface area (Å²) >= 11 is 0. The molecule has 0 aromatic rings. The Labute approximate surface area is 212 Å². The summed E-state index contributed by atoms with van der Waals surface area (Å²) in [4.78, 5) is 28.4. The van der Waals surface area contributed by atoms with Crippen molar-refractivity contribution in [1.29, 1.82) is 0 Å². The molecule has 200 valence electrons. The van der Waals surface area contributed by atoms with Crippen LogP contribution in [0, 0.1) is 45.8 Å². The Morgan fingerprint density at radius 1 is 1.28 bits per heavy atom. The van der Waals surface area contributed by atoms with Gasteiger partial charge in [-0.05, 0) is 61.9 Å². The number of allylic oxidation sites excluding steroid dienone is 1. The number of aliphatic carboxylic acids is 1. The quantitative estimate of drug-likeness (QED) is 0.377. The number of rotatable bonds is 8. The first-order valence-electron chi connectivity index (χ1n) is 13.4. The van der Waals surface area contributed by atoms with Gasteiger partial charge in [-0.15, -0.1) is 0 Å². The van der Waals surface area contributed by atoms with E-state index in [1.165, 1.54) is 0 Å². The smallest absolute Gasteiger partial charge is 0.315 e. The van der Waals surface area contributed by atoms with Crippen LogP contribution in [0.15, 0.2) is 23.8 Å². The lowest BCUT2D eigenvalue weighted by molar-refractivity contribution is -0.235. The molecule has 4 fully saturated rings. The standard InChI is InChI=1S/C28H39F2NO5/c1-16(2)22-9-19-10-26(14-32)21-6-5-17(3)20(21)11-27(19,28(22,26)25(33)34)15-35-24-13-31(8-7-23(29)30)12-18(4)36-24/h7,9,14,16-21,24H,5-6,8,10-13,15H2,1-4H3,(H,33,34)/t17-,18-,19-,20-,21-,24-,26+,27?,28+/m1/s1. The van der Waals surface area contributed by atoms with E-state index in [4.69, 9.17) is 9.47 Å². The van der Waals surface area contributed by atoms with E-state index in [2.05, 4.69) is 13.0 Å². The highest BCUT2D eigenvalue weighted by Gasteiger charge is 2.84. The predicted molar refractivity (Wildman–Crippen MR) is 129 cm³/mol. The van der Waals surface area contributed by atoms with Gasteiger partial charge in [-0.2, -0.15) is 8.78 Å². The molecule has 4 bridgehead atoms. The number of carbonyl (C=O) groups excluding carboxylic acids is 1. The first-order valence-corrected chi connectivity index (χ1v) is 13.4. The fourth-order valence-corrected chi connectivity index (χ4v) is 9.31. The van der Waals surface area contributed by atoms with Crippen LogP contribution in [0.1, 0.15) is 53.4 Å². The van der Waals surface area contributed by atoms with Gasteiger partial charge in [-0.25, -0.2) is 0 Å². The van der Waals surface area contributed by atoms with Crippen LogP contribution in [0.25, 0.3) is 0 Å². The van der Waals surface area contributed by atoms with Crippen molar-refractivity contribution >= 4 is 12.3 Å². The van der Waals surface area contributed by atoms with Crippen LogP contribution in [0.3, 0.4) is 0 Å². The summed E-state index contributed by atoms with van der Waals surface area (Å²) in [7, 11) is 0. The molecule has 8 heteroatoms. The molecule has 9 atom stereocenters. The number of carbonyl (C=O) groups is 2. The molecule has 1 heterocycles. The summed E-state index contributed by atoms with van der Waals surface area (Å²) in [5.41, 5.74) is -2.06. The molecule has 4 aliphatic carbocycles. The average Bonchev–Trinajstić information content (AvgIpc) is 3.38. The topological polar surface area (TPSA) is 76.1 Å². The van der Waals surface area contributed by atoms with Crippen LogP contribution >= 0.6 is 0 Å². The van der Waals surface area contributed by atoms with Crippen LogP contribution in [-0.2, 0) is 19.1 Å². The third-order valence-corrected chi connectivity index (χ3v) is 10.5. The summed E-state index contributed by atoms with van der Waals surface area (Å²) in [6.45, 7) is 9.31. The summed E-state index contributed by atoms with van der Waals surface area (Å²) in [6.07, 6.45) is 4.70. The lowest BCUT2D eigenvalue weighted by Gasteiger charge is -2.58. The van der Waals surface area contributed by atoms with Gasteiger partial charge in [-0.1, -0.05) is 38.8 Å². The van der Waals surface area contributed by atoms with Crippen LogP contribution in [-0.4, -0.2) is 60.9 Å². The number of morpholine rings is 1. The third-order valence-electron chi connectivity index (χ3n) is 10.5. The first-order chi connectivity index (χ1) is 17.0. The first kappa shape index (κ1) is 26.0. The van der Waals surface area contributed by atoms with Gasteiger partial charge < -0.3 is 19.4 Å². The van der Waals surface area contributed by atoms with Crippen molar-refractivity contribution in [3.8, 4) is 0 Å². The van der Waals surface area contributed by atoms with E-state index in [0.717, 1.165) is 37.2 Å². The molecule has 5 rings (SSSR count). The van der Waals surface area contributed by atoms with Crippen molar-refractivity contribution in [1.82, 2.24) is 4.90 Å². The average molecular weight is 508 g/mol. The number of ether oxygens (including phenoxy) is 2. The van der Waals surface area contributed by atoms with Crippen molar-refractivity contribution in [2.75, 3.05) is 26.2 Å². The number of fused-ring (bicyclic) bond motifs is 2. The highest BCUT2D eigenvalue weighted by molar-refractivity contribution is 5.90. The van der Waals surface area contributed by atoms with Crippen molar-refractivity contribution in [3.63, 3.8) is 0 Å². The van der Waals surface area contributed by atoms with Crippen LogP contribution in [0.5, 0.6) is 0 Å². The molecule has 5 aliphatic rings. The van der Waals surface area contributed by atoms with E-state index < -0.39 is 34.6 Å². The Morgan fingerprint density at radius 3 is 2.67 bits per heavy atom. The zero-order chi connectivity index (χ0) is 26.0. The number of halogens is 2. The Balaban J connectivity index is 1.51. The second-order valence-electron chi connectivity index (χ2n) is 12.4. The van der Waals surface area contributed by atoms with Crippen molar-refractivity contribution in [2.45, 2.75) is 65.8 Å². The number of hydrogen-bond donors (Lipinski definition) is 1. The predicted octanol–water partition coefficient (Wildman–Crippen LogP) is 4.75. The zero-order valence-corrected chi connectivity index (χ0v) is 21.7. The van der Waals surface area contributed by atoms with Crippen LogP contribution < -0.4 is 0 Å². The van der Waals surface area contributed by atoms with Crippen LogP contribution in [0.2, 0.25) is 0 Å². The van der Waals surface area contributed by atoms with Crippen LogP contribution in [0.4, 0.5) is 8.78 Å². The molecule has 3 saturated carbocycles. The molecule has 0 aromatic heterocycles.